The number of carbonyl (C=O) groups is 1. The van der Waals surface area contributed by atoms with E-state index in [2.05, 4.69) is 15.5 Å². The van der Waals surface area contributed by atoms with Gasteiger partial charge in [0.1, 0.15) is 11.9 Å². The third-order valence-corrected chi connectivity index (χ3v) is 4.70. The van der Waals surface area contributed by atoms with E-state index in [0.29, 0.717) is 13.0 Å². The van der Waals surface area contributed by atoms with Gasteiger partial charge in [0, 0.05) is 50.9 Å². The number of nitrogens with one attached hydrogen (secondary N) is 1. The van der Waals surface area contributed by atoms with Gasteiger partial charge >= 0.3 is 0 Å². The van der Waals surface area contributed by atoms with E-state index in [1.807, 2.05) is 51.6 Å². The molecule has 1 amide bonds. The number of aryl methyl sites for hydroxylation is 2. The molecule has 0 spiro atoms. The predicted molar refractivity (Wildman–Crippen MR) is 94.1 cm³/mol. The zero-order chi connectivity index (χ0) is 17.6. The van der Waals surface area contributed by atoms with Crippen LogP contribution in [0.5, 0.6) is 5.75 Å². The van der Waals surface area contributed by atoms with Crippen molar-refractivity contribution < 1.29 is 9.53 Å². The summed E-state index contributed by atoms with van der Waals surface area (Å²) in [4.78, 5) is 11.5. The van der Waals surface area contributed by atoms with E-state index in [1.54, 1.807) is 9.36 Å². The first kappa shape index (κ1) is 15.7. The van der Waals surface area contributed by atoms with Gasteiger partial charge in [-0.15, -0.1) is 0 Å². The summed E-state index contributed by atoms with van der Waals surface area (Å²) in [5, 5.41) is 12.8. The van der Waals surface area contributed by atoms with E-state index in [4.69, 9.17) is 4.74 Å². The van der Waals surface area contributed by atoms with Gasteiger partial charge in [-0.25, -0.2) is 0 Å². The average Bonchev–Trinajstić information content (AvgIpc) is 3.26. The van der Waals surface area contributed by atoms with E-state index in [9.17, 15) is 4.79 Å². The average molecular weight is 339 g/mol. The number of amides is 1. The molecule has 1 aliphatic heterocycles. The Morgan fingerprint density at radius 3 is 2.80 bits per heavy atom. The van der Waals surface area contributed by atoms with Crippen molar-refractivity contribution in [2.45, 2.75) is 19.4 Å². The topological polar surface area (TPSA) is 74.0 Å². The van der Waals surface area contributed by atoms with Crippen LogP contribution in [0.3, 0.4) is 0 Å². The molecule has 130 valence electrons. The number of fused-ring (bicyclic) bond motifs is 1. The van der Waals surface area contributed by atoms with Crippen LogP contribution in [0.4, 0.5) is 0 Å². The fourth-order valence-corrected chi connectivity index (χ4v) is 3.28. The summed E-state index contributed by atoms with van der Waals surface area (Å²) in [6.07, 6.45) is 4.31. The smallest absolute Gasteiger partial charge is 0.220 e. The fraction of sp³-hybridized carbons (Fsp3) is 0.389. The van der Waals surface area contributed by atoms with Crippen LogP contribution in [0.25, 0.3) is 22.2 Å². The lowest BCUT2D eigenvalue weighted by Gasteiger charge is -2.20. The van der Waals surface area contributed by atoms with Gasteiger partial charge in [0.05, 0.1) is 16.6 Å². The van der Waals surface area contributed by atoms with Crippen LogP contribution in [0.2, 0.25) is 0 Å². The Balaban J connectivity index is 1.72. The molecule has 0 aliphatic carbocycles. The Hall–Kier alpha value is -2.83. The van der Waals surface area contributed by atoms with E-state index in [0.717, 1.165) is 27.9 Å². The molecule has 1 N–H and O–H groups in total. The van der Waals surface area contributed by atoms with Gasteiger partial charge in [0.2, 0.25) is 5.91 Å². The van der Waals surface area contributed by atoms with E-state index < -0.39 is 0 Å². The van der Waals surface area contributed by atoms with Crippen molar-refractivity contribution in [2.75, 3.05) is 6.54 Å². The van der Waals surface area contributed by atoms with Crippen LogP contribution < -0.4 is 10.1 Å². The van der Waals surface area contributed by atoms with Gasteiger partial charge < -0.3 is 10.1 Å². The van der Waals surface area contributed by atoms with E-state index in [1.165, 1.54) is 0 Å². The molecular formula is C18H21N5O2. The van der Waals surface area contributed by atoms with Gasteiger partial charge in [0.25, 0.3) is 0 Å². The highest BCUT2D eigenvalue weighted by Gasteiger charge is 2.28. The SMILES string of the molecule is C[C@@H](Oc1cc(-c2ccn(C)n2)cc2nn(C)cc12)C1CNC(=O)C1. The van der Waals surface area contributed by atoms with Gasteiger partial charge in [0.15, 0.2) is 0 Å². The highest BCUT2D eigenvalue weighted by Crippen LogP contribution is 2.33. The molecule has 2 aromatic heterocycles. The molecule has 3 heterocycles. The summed E-state index contributed by atoms with van der Waals surface area (Å²) in [6.45, 7) is 2.68. The van der Waals surface area contributed by atoms with Crippen LogP contribution in [-0.4, -0.2) is 38.1 Å². The highest BCUT2D eigenvalue weighted by molar-refractivity contribution is 5.89. The molecule has 1 fully saturated rings. The number of ether oxygens (including phenoxy) is 1. The van der Waals surface area contributed by atoms with Crippen molar-refractivity contribution in [1.29, 1.82) is 0 Å². The second-order valence-corrected chi connectivity index (χ2v) is 6.68. The number of hydrogen-bond donors (Lipinski definition) is 1. The maximum Gasteiger partial charge on any atom is 0.220 e. The van der Waals surface area contributed by atoms with Crippen molar-refractivity contribution in [2.24, 2.45) is 20.0 Å². The molecule has 7 nitrogen and oxygen atoms in total. The van der Waals surface area contributed by atoms with Crippen LogP contribution in [0, 0.1) is 5.92 Å². The summed E-state index contributed by atoms with van der Waals surface area (Å²) >= 11 is 0. The van der Waals surface area contributed by atoms with Gasteiger partial charge in [-0.1, -0.05) is 0 Å². The third kappa shape index (κ3) is 2.97. The Kier molecular flexibility index (Phi) is 3.71. The Bertz CT molecular complexity index is 942. The summed E-state index contributed by atoms with van der Waals surface area (Å²) in [7, 11) is 3.79. The molecule has 0 bridgehead atoms. The minimum absolute atomic E-state index is 0.0682. The molecular weight excluding hydrogens is 318 g/mol. The van der Waals surface area contributed by atoms with Crippen LogP contribution >= 0.6 is 0 Å². The highest BCUT2D eigenvalue weighted by atomic mass is 16.5. The van der Waals surface area contributed by atoms with Gasteiger partial charge in [-0.2, -0.15) is 10.2 Å². The van der Waals surface area contributed by atoms with Crippen molar-refractivity contribution in [3.63, 3.8) is 0 Å². The molecule has 7 heteroatoms. The quantitative estimate of drug-likeness (QED) is 0.787. The summed E-state index contributed by atoms with van der Waals surface area (Å²) < 4.78 is 9.82. The Morgan fingerprint density at radius 1 is 1.28 bits per heavy atom. The van der Waals surface area contributed by atoms with Crippen molar-refractivity contribution in [3.05, 3.63) is 30.6 Å². The Morgan fingerprint density at radius 2 is 2.12 bits per heavy atom. The zero-order valence-electron chi connectivity index (χ0n) is 14.6. The first-order chi connectivity index (χ1) is 12.0. The standard InChI is InChI=1S/C18H21N5O2/c1-11(13-8-18(24)19-9-13)25-17-7-12(15-4-5-22(2)20-15)6-16-14(17)10-23(3)21-16/h4-7,10-11,13H,8-9H2,1-3H3,(H,19,24)/t11-,13?/m1/s1. The number of aromatic nitrogens is 4. The number of nitrogens with zero attached hydrogens (tertiary/aromatic N) is 4. The van der Waals surface area contributed by atoms with Crippen LogP contribution in [0.15, 0.2) is 30.6 Å². The third-order valence-electron chi connectivity index (χ3n) is 4.70. The largest absolute Gasteiger partial charge is 0.490 e. The van der Waals surface area contributed by atoms with E-state index in [-0.39, 0.29) is 17.9 Å². The van der Waals surface area contributed by atoms with Crippen molar-refractivity contribution >= 4 is 16.8 Å². The molecule has 3 aromatic rings. The minimum atomic E-state index is -0.0682. The van der Waals surface area contributed by atoms with Crippen LogP contribution in [-0.2, 0) is 18.9 Å². The fourth-order valence-electron chi connectivity index (χ4n) is 3.28. The molecule has 1 unspecified atom stereocenters. The monoisotopic (exact) mass is 339 g/mol. The first-order valence-electron chi connectivity index (χ1n) is 8.40. The first-order valence-corrected chi connectivity index (χ1v) is 8.40. The molecule has 1 saturated heterocycles. The lowest BCUT2D eigenvalue weighted by molar-refractivity contribution is -0.119. The van der Waals surface area contributed by atoms with Crippen molar-refractivity contribution in [3.8, 4) is 17.0 Å². The Labute approximate surface area is 145 Å². The summed E-state index contributed by atoms with van der Waals surface area (Å²) in [6, 6.07) is 6.00. The predicted octanol–water partition coefficient (Wildman–Crippen LogP) is 1.88. The molecule has 2 atom stereocenters. The minimum Gasteiger partial charge on any atom is -0.490 e. The van der Waals surface area contributed by atoms with Crippen molar-refractivity contribution in [1.82, 2.24) is 24.9 Å². The normalized spacial score (nSPS) is 18.5. The van der Waals surface area contributed by atoms with Gasteiger partial charge in [-0.3, -0.25) is 14.2 Å². The molecule has 1 aromatic carbocycles. The molecule has 1 aliphatic rings. The molecule has 0 saturated carbocycles. The number of rotatable bonds is 4. The van der Waals surface area contributed by atoms with Crippen LogP contribution in [0.1, 0.15) is 13.3 Å². The maximum absolute atomic E-state index is 11.5. The maximum atomic E-state index is 11.5. The van der Waals surface area contributed by atoms with E-state index >= 15 is 0 Å². The number of benzene rings is 1. The zero-order valence-corrected chi connectivity index (χ0v) is 14.6. The molecule has 25 heavy (non-hydrogen) atoms. The lowest BCUT2D eigenvalue weighted by atomic mass is 10.0. The summed E-state index contributed by atoms with van der Waals surface area (Å²) in [5.41, 5.74) is 2.72. The summed E-state index contributed by atoms with van der Waals surface area (Å²) in [5.74, 6) is 1.05. The number of hydrogen-bond acceptors (Lipinski definition) is 4. The molecule has 0 radical (unpaired) electrons. The second-order valence-electron chi connectivity index (χ2n) is 6.68. The van der Waals surface area contributed by atoms with Gasteiger partial charge in [-0.05, 0) is 25.1 Å². The second kappa shape index (κ2) is 5.91. The lowest BCUT2D eigenvalue weighted by Crippen LogP contribution is -2.25. The molecule has 4 rings (SSSR count). The number of carbonyl (C=O) groups excluding carboxylic acids is 1.